The van der Waals surface area contributed by atoms with Crippen LogP contribution >= 0.6 is 0 Å². The Bertz CT molecular complexity index is 310. The van der Waals surface area contributed by atoms with Crippen molar-refractivity contribution in [3.8, 4) is 5.75 Å². The second-order valence-electron chi connectivity index (χ2n) is 2.38. The lowest BCUT2D eigenvalue weighted by Crippen LogP contribution is -1.97. The number of halogens is 2. The largest absolute Gasteiger partial charge is 0.496 e. The monoisotopic (exact) mass is 186 g/mol. The second kappa shape index (κ2) is 3.98. The van der Waals surface area contributed by atoms with E-state index in [1.165, 1.54) is 25.3 Å². The lowest BCUT2D eigenvalue weighted by molar-refractivity contribution is 0.110. The molecular weight excluding hydrogens is 178 g/mol. The van der Waals surface area contributed by atoms with Crippen molar-refractivity contribution in [1.29, 1.82) is 0 Å². The highest BCUT2D eigenvalue weighted by molar-refractivity contribution is 5.81. The first-order chi connectivity index (χ1) is 6.20. The quantitative estimate of drug-likeness (QED) is 0.677. The summed E-state index contributed by atoms with van der Waals surface area (Å²) in [6, 6.07) is 4.10. The summed E-state index contributed by atoms with van der Waals surface area (Å²) < 4.78 is 29.4. The molecule has 0 saturated carbocycles. The fourth-order valence-electron chi connectivity index (χ4n) is 1.06. The lowest BCUT2D eigenvalue weighted by atomic mass is 10.1. The molecule has 0 saturated heterocycles. The summed E-state index contributed by atoms with van der Waals surface area (Å²) in [6.45, 7) is 0. The molecule has 0 spiro atoms. The van der Waals surface area contributed by atoms with Gasteiger partial charge in [-0.1, -0.05) is 12.1 Å². The molecular formula is C9H8F2O2. The van der Waals surface area contributed by atoms with Crippen molar-refractivity contribution in [2.24, 2.45) is 0 Å². The zero-order chi connectivity index (χ0) is 9.84. The number of carbonyl (C=O) groups excluding carboxylic acids is 1. The fraction of sp³-hybridized carbons (Fsp3) is 0.222. The minimum Gasteiger partial charge on any atom is -0.496 e. The molecule has 4 heteroatoms. The van der Waals surface area contributed by atoms with Gasteiger partial charge in [-0.25, -0.2) is 8.78 Å². The summed E-state index contributed by atoms with van der Waals surface area (Å²) in [5, 5.41) is 0. The van der Waals surface area contributed by atoms with Crippen LogP contribution < -0.4 is 4.74 Å². The number of methoxy groups -OCH3 is 1. The van der Waals surface area contributed by atoms with Crippen LogP contribution in [0.1, 0.15) is 22.3 Å². The first-order valence-electron chi connectivity index (χ1n) is 3.61. The SMILES string of the molecule is COc1cccc(C(F)F)c1C=O. The molecule has 1 rings (SSSR count). The Morgan fingerprint density at radius 3 is 2.62 bits per heavy atom. The van der Waals surface area contributed by atoms with Crippen LogP contribution in [0.3, 0.4) is 0 Å². The Labute approximate surface area is 74.1 Å². The molecule has 0 N–H and O–H groups in total. The van der Waals surface area contributed by atoms with Gasteiger partial charge < -0.3 is 4.74 Å². The predicted octanol–water partition coefficient (Wildman–Crippen LogP) is 2.45. The minimum atomic E-state index is -2.66. The number of aldehydes is 1. The molecule has 2 nitrogen and oxygen atoms in total. The van der Waals surface area contributed by atoms with Crippen molar-refractivity contribution in [1.82, 2.24) is 0 Å². The maximum Gasteiger partial charge on any atom is 0.264 e. The lowest BCUT2D eigenvalue weighted by Gasteiger charge is -2.07. The van der Waals surface area contributed by atoms with Crippen LogP contribution in [0.25, 0.3) is 0 Å². The summed E-state index contributed by atoms with van der Waals surface area (Å²) in [7, 11) is 1.33. The van der Waals surface area contributed by atoms with Crippen molar-refractivity contribution < 1.29 is 18.3 Å². The first kappa shape index (κ1) is 9.64. The Hall–Kier alpha value is -1.45. The van der Waals surface area contributed by atoms with Crippen LogP contribution in [-0.4, -0.2) is 13.4 Å². The minimum absolute atomic E-state index is 0.0833. The molecule has 0 aliphatic heterocycles. The van der Waals surface area contributed by atoms with E-state index >= 15 is 0 Å². The van der Waals surface area contributed by atoms with Crippen LogP contribution in [0, 0.1) is 0 Å². The molecule has 13 heavy (non-hydrogen) atoms. The van der Waals surface area contributed by atoms with Gasteiger partial charge >= 0.3 is 0 Å². The molecule has 0 amide bonds. The third kappa shape index (κ3) is 1.83. The number of alkyl halides is 2. The van der Waals surface area contributed by atoms with Crippen LogP contribution in [0.5, 0.6) is 5.75 Å². The third-order valence-electron chi connectivity index (χ3n) is 1.67. The van der Waals surface area contributed by atoms with E-state index in [1.807, 2.05) is 0 Å². The van der Waals surface area contributed by atoms with E-state index in [0.717, 1.165) is 0 Å². The topological polar surface area (TPSA) is 26.3 Å². The number of rotatable bonds is 3. The first-order valence-corrected chi connectivity index (χ1v) is 3.61. The Morgan fingerprint density at radius 1 is 1.46 bits per heavy atom. The van der Waals surface area contributed by atoms with E-state index in [0.29, 0.717) is 6.29 Å². The Morgan fingerprint density at radius 2 is 2.15 bits per heavy atom. The Balaban J connectivity index is 3.27. The number of hydrogen-bond donors (Lipinski definition) is 0. The van der Waals surface area contributed by atoms with Gasteiger partial charge in [-0.15, -0.1) is 0 Å². The highest BCUT2D eigenvalue weighted by Gasteiger charge is 2.15. The van der Waals surface area contributed by atoms with Gasteiger partial charge in [-0.05, 0) is 6.07 Å². The van der Waals surface area contributed by atoms with Crippen molar-refractivity contribution in [2.75, 3.05) is 7.11 Å². The van der Waals surface area contributed by atoms with Crippen molar-refractivity contribution in [3.05, 3.63) is 29.3 Å². The van der Waals surface area contributed by atoms with Gasteiger partial charge in [0, 0.05) is 5.56 Å². The third-order valence-corrected chi connectivity index (χ3v) is 1.67. The van der Waals surface area contributed by atoms with Gasteiger partial charge in [0.25, 0.3) is 6.43 Å². The second-order valence-corrected chi connectivity index (χ2v) is 2.38. The summed E-state index contributed by atoms with van der Waals surface area (Å²) in [5.41, 5.74) is -0.380. The average molecular weight is 186 g/mol. The van der Waals surface area contributed by atoms with Gasteiger partial charge in [-0.2, -0.15) is 0 Å². The van der Waals surface area contributed by atoms with Crippen LogP contribution in [0.2, 0.25) is 0 Å². The summed E-state index contributed by atoms with van der Waals surface area (Å²) in [4.78, 5) is 10.5. The number of ether oxygens (including phenoxy) is 1. The van der Waals surface area contributed by atoms with Crippen LogP contribution in [0.4, 0.5) is 8.78 Å². The van der Waals surface area contributed by atoms with Crippen LogP contribution in [0.15, 0.2) is 18.2 Å². The zero-order valence-corrected chi connectivity index (χ0v) is 6.96. The molecule has 70 valence electrons. The molecule has 0 bridgehead atoms. The highest BCUT2D eigenvalue weighted by Crippen LogP contribution is 2.27. The zero-order valence-electron chi connectivity index (χ0n) is 6.96. The molecule has 0 aliphatic carbocycles. The molecule has 0 atom stereocenters. The van der Waals surface area contributed by atoms with E-state index in [1.54, 1.807) is 0 Å². The molecule has 0 aromatic heterocycles. The molecule has 0 aliphatic rings. The normalized spacial score (nSPS) is 10.2. The van der Waals surface area contributed by atoms with Crippen molar-refractivity contribution in [3.63, 3.8) is 0 Å². The molecule has 0 heterocycles. The fourth-order valence-corrected chi connectivity index (χ4v) is 1.06. The molecule has 1 aromatic rings. The van der Waals surface area contributed by atoms with Gasteiger partial charge in [0.1, 0.15) is 5.75 Å². The number of hydrogen-bond acceptors (Lipinski definition) is 2. The maximum atomic E-state index is 12.3. The average Bonchev–Trinajstić information content (AvgIpc) is 2.16. The predicted molar refractivity (Wildman–Crippen MR) is 43.3 cm³/mol. The number of benzene rings is 1. The number of carbonyl (C=O) groups is 1. The van der Waals surface area contributed by atoms with E-state index in [9.17, 15) is 13.6 Å². The standard InChI is InChI=1S/C9H8F2O2/c1-13-8-4-2-3-6(9(10)11)7(8)5-12/h2-5,9H,1H3. The molecule has 0 radical (unpaired) electrons. The van der Waals surface area contributed by atoms with E-state index in [2.05, 4.69) is 0 Å². The van der Waals surface area contributed by atoms with Crippen molar-refractivity contribution in [2.45, 2.75) is 6.43 Å². The van der Waals surface area contributed by atoms with E-state index < -0.39 is 6.43 Å². The molecule has 0 unspecified atom stereocenters. The van der Waals surface area contributed by atoms with Gasteiger partial charge in [0.05, 0.1) is 12.7 Å². The molecule has 1 aromatic carbocycles. The van der Waals surface area contributed by atoms with Gasteiger partial charge in [0.15, 0.2) is 6.29 Å². The summed E-state index contributed by atoms with van der Waals surface area (Å²) in [6.07, 6.45) is -2.28. The van der Waals surface area contributed by atoms with Crippen LogP contribution in [-0.2, 0) is 0 Å². The van der Waals surface area contributed by atoms with Crippen molar-refractivity contribution >= 4 is 6.29 Å². The van der Waals surface area contributed by atoms with E-state index in [-0.39, 0.29) is 16.9 Å². The highest BCUT2D eigenvalue weighted by atomic mass is 19.3. The van der Waals surface area contributed by atoms with E-state index in [4.69, 9.17) is 4.74 Å². The van der Waals surface area contributed by atoms with Gasteiger partial charge in [-0.3, -0.25) is 4.79 Å². The summed E-state index contributed by atoms with van der Waals surface area (Å²) >= 11 is 0. The summed E-state index contributed by atoms with van der Waals surface area (Å²) in [5.74, 6) is 0.174. The Kier molecular flexibility index (Phi) is 2.95. The molecule has 0 fully saturated rings. The smallest absolute Gasteiger partial charge is 0.264 e. The van der Waals surface area contributed by atoms with Gasteiger partial charge in [0.2, 0.25) is 0 Å². The maximum absolute atomic E-state index is 12.3.